The average molecular weight is 404 g/mol. The van der Waals surface area contributed by atoms with Gasteiger partial charge in [0.25, 0.3) is 5.91 Å². The minimum Gasteiger partial charge on any atom is -0.491 e. The summed E-state index contributed by atoms with van der Waals surface area (Å²) in [4.78, 5) is 26.8. The van der Waals surface area contributed by atoms with Crippen LogP contribution < -0.4 is 10.1 Å². The fraction of sp³-hybridized carbons (Fsp3) is 0.250. The van der Waals surface area contributed by atoms with E-state index in [1.807, 2.05) is 54.6 Å². The predicted octanol–water partition coefficient (Wildman–Crippen LogP) is 3.75. The monoisotopic (exact) mass is 404 g/mol. The van der Waals surface area contributed by atoms with Crippen molar-refractivity contribution in [3.8, 4) is 16.9 Å². The van der Waals surface area contributed by atoms with Gasteiger partial charge in [-0.25, -0.2) is 0 Å². The highest BCUT2D eigenvalue weighted by molar-refractivity contribution is 5.96. The lowest BCUT2D eigenvalue weighted by Crippen LogP contribution is -2.46. The molecule has 3 aromatic rings. The van der Waals surface area contributed by atoms with Gasteiger partial charge in [0.15, 0.2) is 5.76 Å². The Balaban J connectivity index is 1.31. The molecule has 1 N–H and O–H groups in total. The largest absolute Gasteiger partial charge is 0.491 e. The first-order chi connectivity index (χ1) is 14.7. The van der Waals surface area contributed by atoms with Crippen LogP contribution in [0.3, 0.4) is 0 Å². The molecule has 154 valence electrons. The van der Waals surface area contributed by atoms with Crippen molar-refractivity contribution in [1.82, 2.24) is 10.2 Å². The highest BCUT2D eigenvalue weighted by atomic mass is 16.5. The summed E-state index contributed by atoms with van der Waals surface area (Å²) in [6.07, 6.45) is 2.91. The molecule has 2 amide bonds. The molecule has 6 nitrogen and oxygen atoms in total. The van der Waals surface area contributed by atoms with Gasteiger partial charge in [-0.2, -0.15) is 0 Å². The van der Waals surface area contributed by atoms with Crippen molar-refractivity contribution in [3.05, 3.63) is 78.8 Å². The number of likely N-dealkylation sites (tertiary alicyclic amines) is 1. The van der Waals surface area contributed by atoms with Gasteiger partial charge < -0.3 is 19.4 Å². The van der Waals surface area contributed by atoms with Crippen molar-refractivity contribution < 1.29 is 18.7 Å². The molecule has 0 saturated carbocycles. The molecule has 1 aromatic heterocycles. The van der Waals surface area contributed by atoms with Crippen LogP contribution in [-0.2, 0) is 4.79 Å². The number of hydrogen-bond acceptors (Lipinski definition) is 4. The highest BCUT2D eigenvalue weighted by Gasteiger charge is 2.35. The Morgan fingerprint density at radius 3 is 2.63 bits per heavy atom. The first-order valence-electron chi connectivity index (χ1n) is 10.1. The zero-order valence-corrected chi connectivity index (χ0v) is 16.6. The SMILES string of the molecule is O=C(NCCOc1ccccc1-c1ccccc1)C1CCCN1C(=O)c1ccco1. The van der Waals surface area contributed by atoms with E-state index < -0.39 is 6.04 Å². The number of nitrogens with zero attached hydrogens (tertiary/aromatic N) is 1. The van der Waals surface area contributed by atoms with Gasteiger partial charge in [-0.15, -0.1) is 0 Å². The van der Waals surface area contributed by atoms with Crippen LogP contribution in [0.15, 0.2) is 77.4 Å². The summed E-state index contributed by atoms with van der Waals surface area (Å²) >= 11 is 0. The summed E-state index contributed by atoms with van der Waals surface area (Å²) < 4.78 is 11.1. The second-order valence-electron chi connectivity index (χ2n) is 7.14. The fourth-order valence-corrected chi connectivity index (χ4v) is 3.73. The summed E-state index contributed by atoms with van der Waals surface area (Å²) in [6, 6.07) is 20.7. The van der Waals surface area contributed by atoms with E-state index in [0.717, 1.165) is 23.3 Å². The van der Waals surface area contributed by atoms with Crippen LogP contribution in [0.1, 0.15) is 23.4 Å². The minimum absolute atomic E-state index is 0.160. The number of carbonyl (C=O) groups is 2. The number of benzene rings is 2. The molecule has 0 radical (unpaired) electrons. The average Bonchev–Trinajstić information content (AvgIpc) is 3.49. The Kier molecular flexibility index (Phi) is 6.13. The van der Waals surface area contributed by atoms with Gasteiger partial charge in [0.2, 0.25) is 5.91 Å². The third kappa shape index (κ3) is 4.38. The van der Waals surface area contributed by atoms with Crippen molar-refractivity contribution in [1.29, 1.82) is 0 Å². The molecule has 1 fully saturated rings. The first kappa shape index (κ1) is 19.8. The minimum atomic E-state index is -0.473. The van der Waals surface area contributed by atoms with Gasteiger partial charge in [0.05, 0.1) is 12.8 Å². The van der Waals surface area contributed by atoms with Crippen LogP contribution in [0.5, 0.6) is 5.75 Å². The lowest BCUT2D eigenvalue weighted by Gasteiger charge is -2.23. The van der Waals surface area contributed by atoms with Crippen LogP contribution in [0.2, 0.25) is 0 Å². The number of para-hydroxylation sites is 1. The lowest BCUT2D eigenvalue weighted by atomic mass is 10.1. The lowest BCUT2D eigenvalue weighted by molar-refractivity contribution is -0.124. The molecule has 1 aliphatic heterocycles. The second kappa shape index (κ2) is 9.31. The zero-order chi connectivity index (χ0) is 20.8. The van der Waals surface area contributed by atoms with Crippen molar-refractivity contribution in [3.63, 3.8) is 0 Å². The van der Waals surface area contributed by atoms with Crippen LogP contribution in [0, 0.1) is 0 Å². The summed E-state index contributed by atoms with van der Waals surface area (Å²) in [6.45, 7) is 1.26. The molecule has 0 bridgehead atoms. The molecule has 6 heteroatoms. The van der Waals surface area contributed by atoms with E-state index in [1.165, 1.54) is 6.26 Å². The first-order valence-corrected chi connectivity index (χ1v) is 10.1. The van der Waals surface area contributed by atoms with Crippen molar-refractivity contribution in [2.45, 2.75) is 18.9 Å². The Hall–Kier alpha value is -3.54. The number of ether oxygens (including phenoxy) is 1. The molecule has 1 unspecified atom stereocenters. The van der Waals surface area contributed by atoms with Crippen molar-refractivity contribution >= 4 is 11.8 Å². The Morgan fingerprint density at radius 2 is 1.83 bits per heavy atom. The number of amides is 2. The smallest absolute Gasteiger partial charge is 0.290 e. The van der Waals surface area contributed by atoms with Gasteiger partial charge in [-0.3, -0.25) is 9.59 Å². The van der Waals surface area contributed by atoms with Crippen LogP contribution in [0.25, 0.3) is 11.1 Å². The Morgan fingerprint density at radius 1 is 1.03 bits per heavy atom. The molecular weight excluding hydrogens is 380 g/mol. The van der Waals surface area contributed by atoms with Gasteiger partial charge >= 0.3 is 0 Å². The van der Waals surface area contributed by atoms with E-state index in [9.17, 15) is 9.59 Å². The van der Waals surface area contributed by atoms with E-state index in [1.54, 1.807) is 17.0 Å². The van der Waals surface area contributed by atoms with Gasteiger partial charge in [-0.1, -0.05) is 48.5 Å². The third-order valence-electron chi connectivity index (χ3n) is 5.18. The molecule has 1 atom stereocenters. The Bertz CT molecular complexity index is 985. The standard InChI is InChI=1S/C24H24N2O4/c27-23(20-11-6-15-26(20)24(28)22-13-7-16-29-22)25-14-17-30-21-12-5-4-10-19(21)18-8-2-1-3-9-18/h1-5,7-10,12-13,16,20H,6,11,14-15,17H2,(H,25,27). The van der Waals surface area contributed by atoms with Crippen molar-refractivity contribution in [2.24, 2.45) is 0 Å². The number of nitrogens with one attached hydrogen (secondary N) is 1. The fourth-order valence-electron chi connectivity index (χ4n) is 3.73. The molecule has 0 aliphatic carbocycles. The third-order valence-corrected chi connectivity index (χ3v) is 5.18. The zero-order valence-electron chi connectivity index (χ0n) is 16.6. The normalized spacial score (nSPS) is 15.7. The Labute approximate surface area is 175 Å². The maximum atomic E-state index is 12.6. The van der Waals surface area contributed by atoms with Gasteiger partial charge in [-0.05, 0) is 36.6 Å². The molecule has 2 aromatic carbocycles. The number of furan rings is 1. The molecular formula is C24H24N2O4. The maximum absolute atomic E-state index is 12.6. The van der Waals surface area contributed by atoms with Gasteiger partial charge in [0, 0.05) is 12.1 Å². The number of hydrogen-bond donors (Lipinski definition) is 1. The second-order valence-corrected chi connectivity index (χ2v) is 7.14. The highest BCUT2D eigenvalue weighted by Crippen LogP contribution is 2.29. The topological polar surface area (TPSA) is 71.8 Å². The van der Waals surface area contributed by atoms with Crippen LogP contribution in [-0.4, -0.2) is 42.5 Å². The quantitative estimate of drug-likeness (QED) is 0.609. The molecule has 2 heterocycles. The summed E-state index contributed by atoms with van der Waals surface area (Å²) in [5.41, 5.74) is 2.09. The van der Waals surface area contributed by atoms with E-state index in [2.05, 4.69) is 5.32 Å². The molecule has 4 rings (SSSR count). The van der Waals surface area contributed by atoms with Crippen LogP contribution in [0.4, 0.5) is 0 Å². The van der Waals surface area contributed by atoms with E-state index in [4.69, 9.17) is 9.15 Å². The number of carbonyl (C=O) groups excluding carboxylic acids is 2. The molecule has 1 aliphatic rings. The summed E-state index contributed by atoms with van der Waals surface area (Å²) in [7, 11) is 0. The van der Waals surface area contributed by atoms with Gasteiger partial charge in [0.1, 0.15) is 18.4 Å². The predicted molar refractivity (Wildman–Crippen MR) is 113 cm³/mol. The van der Waals surface area contributed by atoms with E-state index >= 15 is 0 Å². The van der Waals surface area contributed by atoms with Crippen molar-refractivity contribution in [2.75, 3.05) is 19.7 Å². The molecule has 0 spiro atoms. The summed E-state index contributed by atoms with van der Waals surface area (Å²) in [5.74, 6) is 0.627. The molecule has 1 saturated heterocycles. The maximum Gasteiger partial charge on any atom is 0.290 e. The number of rotatable bonds is 7. The molecule has 30 heavy (non-hydrogen) atoms. The van der Waals surface area contributed by atoms with Crippen LogP contribution >= 0.6 is 0 Å². The van der Waals surface area contributed by atoms with E-state index in [-0.39, 0.29) is 17.6 Å². The van der Waals surface area contributed by atoms with E-state index in [0.29, 0.717) is 26.1 Å². The summed E-state index contributed by atoms with van der Waals surface area (Å²) in [5, 5.41) is 2.90.